The van der Waals surface area contributed by atoms with Gasteiger partial charge in [0.05, 0.1) is 11.0 Å². The molecule has 2 rings (SSSR count). The van der Waals surface area contributed by atoms with Crippen LogP contribution >= 0.6 is 0 Å². The number of nitrogens with one attached hydrogen (secondary N) is 1. The monoisotopic (exact) mass is 289 g/mol. The number of para-hydroxylation sites is 1. The molecule has 1 heterocycles. The van der Waals surface area contributed by atoms with Crippen LogP contribution in [-0.2, 0) is 16.6 Å². The number of fused-ring (bicyclic) bond motifs is 1. The van der Waals surface area contributed by atoms with Crippen LogP contribution in [0.25, 0.3) is 11.0 Å². The molecular weight excluding hydrogens is 270 g/mol. The van der Waals surface area contributed by atoms with Crippen LogP contribution in [0.15, 0.2) is 23.0 Å². The molecule has 21 heavy (non-hydrogen) atoms. The highest BCUT2D eigenvalue weighted by atomic mass is 16.2. The van der Waals surface area contributed by atoms with Crippen LogP contribution in [0.5, 0.6) is 0 Å². The second kappa shape index (κ2) is 5.95. The standard InChI is InChI=1S/C15H19N3O3/c1-10-6-4-7-11-13(10)17(3)15(21)18(11)12(8-5-9-19)14(20)16-2/h4,6-7,9,12H,5,8H2,1-3H3,(H,16,20). The minimum absolute atomic E-state index is 0.229. The summed E-state index contributed by atoms with van der Waals surface area (Å²) in [6.45, 7) is 1.92. The molecule has 112 valence electrons. The molecule has 0 radical (unpaired) electrons. The van der Waals surface area contributed by atoms with Gasteiger partial charge in [-0.3, -0.25) is 13.9 Å². The van der Waals surface area contributed by atoms with Gasteiger partial charge in [-0.15, -0.1) is 0 Å². The molecular formula is C15H19N3O3. The molecule has 0 aliphatic rings. The van der Waals surface area contributed by atoms with E-state index < -0.39 is 6.04 Å². The molecule has 2 aromatic rings. The fourth-order valence-corrected chi connectivity index (χ4v) is 2.71. The number of aldehydes is 1. The number of hydrogen-bond acceptors (Lipinski definition) is 3. The van der Waals surface area contributed by atoms with Gasteiger partial charge >= 0.3 is 5.69 Å². The van der Waals surface area contributed by atoms with E-state index in [0.29, 0.717) is 11.9 Å². The summed E-state index contributed by atoms with van der Waals surface area (Å²) in [5, 5.41) is 2.56. The Labute approximate surface area is 122 Å². The van der Waals surface area contributed by atoms with E-state index in [4.69, 9.17) is 0 Å². The number of carbonyl (C=O) groups is 2. The average molecular weight is 289 g/mol. The lowest BCUT2D eigenvalue weighted by Crippen LogP contribution is -2.36. The van der Waals surface area contributed by atoms with Crippen molar-refractivity contribution in [2.45, 2.75) is 25.8 Å². The molecule has 0 saturated carbocycles. The fourth-order valence-electron chi connectivity index (χ4n) is 2.71. The molecule has 6 heteroatoms. The first kappa shape index (κ1) is 15.0. The van der Waals surface area contributed by atoms with Crippen molar-refractivity contribution in [3.63, 3.8) is 0 Å². The quantitative estimate of drug-likeness (QED) is 0.832. The summed E-state index contributed by atoms with van der Waals surface area (Å²) in [7, 11) is 3.21. The zero-order valence-electron chi connectivity index (χ0n) is 12.4. The van der Waals surface area contributed by atoms with Crippen molar-refractivity contribution in [1.82, 2.24) is 14.5 Å². The van der Waals surface area contributed by atoms with Crippen molar-refractivity contribution in [2.24, 2.45) is 7.05 Å². The molecule has 1 amide bonds. The minimum Gasteiger partial charge on any atom is -0.357 e. The van der Waals surface area contributed by atoms with Gasteiger partial charge in [0.15, 0.2) is 0 Å². The normalized spacial score (nSPS) is 12.3. The predicted octanol–water partition coefficient (Wildman–Crippen LogP) is 0.915. The number of benzene rings is 1. The first-order valence-electron chi connectivity index (χ1n) is 6.84. The molecule has 1 aromatic heterocycles. The van der Waals surface area contributed by atoms with Crippen LogP contribution in [0.2, 0.25) is 0 Å². The van der Waals surface area contributed by atoms with Crippen molar-refractivity contribution in [3.05, 3.63) is 34.2 Å². The van der Waals surface area contributed by atoms with Gasteiger partial charge in [-0.2, -0.15) is 0 Å². The van der Waals surface area contributed by atoms with E-state index in [1.54, 1.807) is 11.6 Å². The number of aromatic nitrogens is 2. The van der Waals surface area contributed by atoms with Crippen molar-refractivity contribution >= 4 is 23.2 Å². The van der Waals surface area contributed by atoms with Crippen LogP contribution < -0.4 is 11.0 Å². The van der Waals surface area contributed by atoms with Crippen LogP contribution in [0, 0.1) is 6.92 Å². The van der Waals surface area contributed by atoms with Crippen LogP contribution in [0.3, 0.4) is 0 Å². The van der Waals surface area contributed by atoms with Crippen molar-refractivity contribution < 1.29 is 9.59 Å². The lowest BCUT2D eigenvalue weighted by Gasteiger charge is -2.16. The molecule has 1 unspecified atom stereocenters. The van der Waals surface area contributed by atoms with Gasteiger partial charge in [0.2, 0.25) is 5.91 Å². The summed E-state index contributed by atoms with van der Waals surface area (Å²) in [5.41, 5.74) is 2.24. The lowest BCUT2D eigenvalue weighted by atomic mass is 10.1. The Bertz CT molecular complexity index is 742. The topological polar surface area (TPSA) is 73.1 Å². The van der Waals surface area contributed by atoms with Crippen molar-refractivity contribution in [2.75, 3.05) is 7.05 Å². The molecule has 0 fully saturated rings. The van der Waals surface area contributed by atoms with Crippen LogP contribution in [0.4, 0.5) is 0 Å². The van der Waals surface area contributed by atoms with E-state index in [9.17, 15) is 14.4 Å². The number of nitrogens with zero attached hydrogens (tertiary/aromatic N) is 2. The summed E-state index contributed by atoms with van der Waals surface area (Å²) < 4.78 is 3.02. The number of imidazole rings is 1. The van der Waals surface area contributed by atoms with Crippen LogP contribution in [0.1, 0.15) is 24.4 Å². The van der Waals surface area contributed by atoms with E-state index in [1.165, 1.54) is 11.6 Å². The van der Waals surface area contributed by atoms with E-state index >= 15 is 0 Å². The molecule has 0 aliphatic carbocycles. The first-order valence-corrected chi connectivity index (χ1v) is 6.84. The second-order valence-electron chi connectivity index (χ2n) is 5.03. The van der Waals surface area contributed by atoms with E-state index in [0.717, 1.165) is 17.4 Å². The molecule has 0 saturated heterocycles. The molecule has 0 spiro atoms. The number of likely N-dealkylation sites (N-methyl/N-ethyl adjacent to an activating group) is 1. The highest BCUT2D eigenvalue weighted by molar-refractivity contribution is 5.85. The largest absolute Gasteiger partial charge is 0.357 e. The Morgan fingerprint density at radius 3 is 2.76 bits per heavy atom. The molecule has 1 aromatic carbocycles. The number of rotatable bonds is 5. The van der Waals surface area contributed by atoms with Crippen LogP contribution in [-0.4, -0.2) is 28.4 Å². The zero-order chi connectivity index (χ0) is 15.6. The summed E-state index contributed by atoms with van der Waals surface area (Å²) in [6, 6.07) is 4.92. The molecule has 1 N–H and O–H groups in total. The Balaban J connectivity index is 2.70. The fraction of sp³-hybridized carbons (Fsp3) is 0.400. The minimum atomic E-state index is -0.682. The highest BCUT2D eigenvalue weighted by Crippen LogP contribution is 2.22. The predicted molar refractivity (Wildman–Crippen MR) is 80.3 cm³/mol. The zero-order valence-corrected chi connectivity index (χ0v) is 12.4. The van der Waals surface area contributed by atoms with Gasteiger partial charge in [0, 0.05) is 20.5 Å². The summed E-state index contributed by atoms with van der Waals surface area (Å²) in [5.74, 6) is -0.270. The van der Waals surface area contributed by atoms with Gasteiger partial charge < -0.3 is 10.1 Å². The number of amides is 1. The maximum absolute atomic E-state index is 12.5. The molecule has 0 bridgehead atoms. The molecule has 1 atom stereocenters. The third-order valence-electron chi connectivity index (χ3n) is 3.72. The lowest BCUT2D eigenvalue weighted by molar-refractivity contribution is -0.124. The second-order valence-corrected chi connectivity index (χ2v) is 5.03. The number of carbonyl (C=O) groups excluding carboxylic acids is 2. The maximum atomic E-state index is 12.5. The Hall–Kier alpha value is -2.37. The SMILES string of the molecule is CNC(=O)C(CCC=O)n1c(=O)n(C)c2c(C)cccc21. The first-order chi connectivity index (χ1) is 10.0. The van der Waals surface area contributed by atoms with Gasteiger partial charge in [0.25, 0.3) is 0 Å². The third kappa shape index (κ3) is 2.49. The average Bonchev–Trinajstić information content (AvgIpc) is 2.73. The summed E-state index contributed by atoms with van der Waals surface area (Å²) in [4.78, 5) is 35.3. The van der Waals surface area contributed by atoms with Gasteiger partial charge in [0.1, 0.15) is 12.3 Å². The van der Waals surface area contributed by atoms with Gasteiger partial charge in [-0.25, -0.2) is 4.79 Å². The van der Waals surface area contributed by atoms with E-state index in [-0.39, 0.29) is 18.0 Å². The maximum Gasteiger partial charge on any atom is 0.329 e. The molecule has 6 nitrogen and oxygen atoms in total. The van der Waals surface area contributed by atoms with Gasteiger partial charge in [-0.05, 0) is 25.0 Å². The summed E-state index contributed by atoms with van der Waals surface area (Å²) in [6.07, 6.45) is 1.29. The summed E-state index contributed by atoms with van der Waals surface area (Å²) >= 11 is 0. The third-order valence-corrected chi connectivity index (χ3v) is 3.72. The van der Waals surface area contributed by atoms with E-state index in [2.05, 4.69) is 5.32 Å². The number of hydrogen-bond donors (Lipinski definition) is 1. The van der Waals surface area contributed by atoms with Gasteiger partial charge in [-0.1, -0.05) is 12.1 Å². The Morgan fingerprint density at radius 1 is 1.43 bits per heavy atom. The van der Waals surface area contributed by atoms with E-state index in [1.807, 2.05) is 25.1 Å². The highest BCUT2D eigenvalue weighted by Gasteiger charge is 2.25. The number of aryl methyl sites for hydroxylation is 2. The Kier molecular flexibility index (Phi) is 4.26. The van der Waals surface area contributed by atoms with Crippen molar-refractivity contribution in [3.8, 4) is 0 Å². The van der Waals surface area contributed by atoms with Crippen molar-refractivity contribution in [1.29, 1.82) is 0 Å². The molecule has 0 aliphatic heterocycles. The smallest absolute Gasteiger partial charge is 0.329 e. The Morgan fingerprint density at radius 2 is 2.14 bits per heavy atom.